The molecule has 3 aromatic carbocycles. The molecule has 0 aromatic heterocycles. The zero-order chi connectivity index (χ0) is 29.9. The van der Waals surface area contributed by atoms with E-state index in [9.17, 15) is 5.11 Å². The first-order valence-electron chi connectivity index (χ1n) is 15.1. The minimum Gasteiger partial charge on any atom is -0.494 e. The third kappa shape index (κ3) is 8.61. The predicted octanol–water partition coefficient (Wildman–Crippen LogP) is 4.76. The van der Waals surface area contributed by atoms with Crippen LogP contribution in [0.2, 0.25) is 0 Å². The summed E-state index contributed by atoms with van der Waals surface area (Å²) in [4.78, 5) is 2.35. The van der Waals surface area contributed by atoms with Gasteiger partial charge in [0.25, 0.3) is 0 Å². The number of aliphatic hydroxyl groups excluding tert-OH is 1. The molecular weight excluding hydrogens is 548 g/mol. The maximum absolute atomic E-state index is 11.0. The highest BCUT2D eigenvalue weighted by molar-refractivity contribution is 5.61. The van der Waals surface area contributed by atoms with Crippen LogP contribution in [-0.4, -0.2) is 84.1 Å². The zero-order valence-corrected chi connectivity index (χ0v) is 25.2. The Labute approximate surface area is 254 Å². The number of rotatable bonds is 15. The van der Waals surface area contributed by atoms with Gasteiger partial charge in [0.2, 0.25) is 0 Å². The Balaban J connectivity index is 1.19. The summed E-state index contributed by atoms with van der Waals surface area (Å²) in [5, 5.41) is 14.3. The van der Waals surface area contributed by atoms with Crippen LogP contribution in [0, 0.1) is 0 Å². The number of nitrogens with one attached hydrogen (secondary N) is 1. The van der Waals surface area contributed by atoms with Gasteiger partial charge in [-0.1, -0.05) is 18.2 Å². The van der Waals surface area contributed by atoms with Crippen LogP contribution in [0.4, 0.5) is 5.69 Å². The summed E-state index contributed by atoms with van der Waals surface area (Å²) in [6.07, 6.45) is 1.06. The number of piperidine rings is 1. The van der Waals surface area contributed by atoms with Crippen LogP contribution in [0.5, 0.6) is 23.0 Å². The molecule has 0 spiro atoms. The number of aliphatic hydroxyl groups is 1. The summed E-state index contributed by atoms with van der Waals surface area (Å²) >= 11 is 0. The molecule has 2 aliphatic rings. The van der Waals surface area contributed by atoms with Gasteiger partial charge in [0, 0.05) is 59.4 Å². The van der Waals surface area contributed by atoms with Crippen LogP contribution in [0.1, 0.15) is 29.9 Å². The second kappa shape index (κ2) is 15.9. The minimum absolute atomic E-state index is 0.156. The molecule has 9 nitrogen and oxygen atoms in total. The van der Waals surface area contributed by atoms with E-state index in [4.69, 9.17) is 28.4 Å². The maximum Gasteiger partial charge on any atom is 0.142 e. The van der Waals surface area contributed by atoms with Crippen molar-refractivity contribution in [3.8, 4) is 23.0 Å². The van der Waals surface area contributed by atoms with Crippen molar-refractivity contribution in [2.75, 3.05) is 71.7 Å². The summed E-state index contributed by atoms with van der Waals surface area (Å²) in [5.41, 5.74) is 3.20. The Bertz CT molecular complexity index is 1250. The molecule has 3 atom stereocenters. The van der Waals surface area contributed by atoms with Crippen LogP contribution in [0.25, 0.3) is 0 Å². The van der Waals surface area contributed by atoms with Crippen molar-refractivity contribution in [1.29, 1.82) is 0 Å². The summed E-state index contributed by atoms with van der Waals surface area (Å²) in [6.45, 7) is 6.12. The average molecular weight is 593 g/mol. The first kappa shape index (κ1) is 31.1. The molecular formula is C34H44N2O7. The molecule has 0 radical (unpaired) electrons. The van der Waals surface area contributed by atoms with E-state index in [1.54, 1.807) is 14.2 Å². The van der Waals surface area contributed by atoms with Gasteiger partial charge in [-0.2, -0.15) is 0 Å². The summed E-state index contributed by atoms with van der Waals surface area (Å²) in [5.74, 6) is 3.01. The van der Waals surface area contributed by atoms with Crippen LogP contribution >= 0.6 is 0 Å². The van der Waals surface area contributed by atoms with Gasteiger partial charge in [-0.25, -0.2) is 0 Å². The second-order valence-electron chi connectivity index (χ2n) is 10.9. The van der Waals surface area contributed by atoms with E-state index >= 15 is 0 Å². The van der Waals surface area contributed by atoms with Crippen LogP contribution in [0.3, 0.4) is 0 Å². The topological polar surface area (TPSA) is 90.9 Å². The molecule has 5 rings (SSSR count). The standard InChI is InChI=1S/C34H44N2O7/c1-38-17-3-15-36-16-20-41-32-14-5-25(21-30(32)36)24-42-33-23-35-22-31(37)34(33)26-6-8-28(9-7-26)43-29-12-10-27(11-13-29)40-19-4-18-39-2/h5-14,21,31,33-35,37H,3-4,15-20,22-24H2,1-2H3/t31-,33+,34+/m1/s1. The van der Waals surface area contributed by atoms with E-state index < -0.39 is 6.10 Å². The van der Waals surface area contributed by atoms with Crippen molar-refractivity contribution in [3.63, 3.8) is 0 Å². The number of methoxy groups -OCH3 is 2. The molecule has 0 aliphatic carbocycles. The molecule has 0 bridgehead atoms. The lowest BCUT2D eigenvalue weighted by molar-refractivity contribution is -0.0328. The number of benzene rings is 3. The number of fused-ring (bicyclic) bond motifs is 1. The lowest BCUT2D eigenvalue weighted by Gasteiger charge is -2.36. The fourth-order valence-electron chi connectivity index (χ4n) is 5.61. The number of nitrogens with zero attached hydrogens (tertiary/aromatic N) is 1. The van der Waals surface area contributed by atoms with Crippen LogP contribution in [-0.2, 0) is 20.8 Å². The summed E-state index contributed by atoms with van der Waals surface area (Å²) in [7, 11) is 3.42. The van der Waals surface area contributed by atoms with Crippen molar-refractivity contribution in [2.45, 2.75) is 37.6 Å². The van der Waals surface area contributed by atoms with Crippen molar-refractivity contribution >= 4 is 5.69 Å². The van der Waals surface area contributed by atoms with E-state index in [-0.39, 0.29) is 12.0 Å². The average Bonchev–Trinajstić information content (AvgIpc) is 3.04. The predicted molar refractivity (Wildman–Crippen MR) is 166 cm³/mol. The Morgan fingerprint density at radius 1 is 0.860 bits per heavy atom. The van der Waals surface area contributed by atoms with Crippen molar-refractivity contribution < 1.29 is 33.5 Å². The molecule has 1 saturated heterocycles. The highest BCUT2D eigenvalue weighted by atomic mass is 16.5. The van der Waals surface area contributed by atoms with Gasteiger partial charge in [-0.15, -0.1) is 0 Å². The molecule has 1 fully saturated rings. The third-order valence-corrected chi connectivity index (χ3v) is 7.82. The van der Waals surface area contributed by atoms with Crippen LogP contribution in [0.15, 0.2) is 66.7 Å². The fraction of sp³-hybridized carbons (Fsp3) is 0.471. The number of anilines is 1. The quantitative estimate of drug-likeness (QED) is 0.242. The lowest BCUT2D eigenvalue weighted by atomic mass is 9.85. The molecule has 3 aromatic rings. The van der Waals surface area contributed by atoms with E-state index in [0.29, 0.717) is 39.5 Å². The largest absolute Gasteiger partial charge is 0.494 e. The van der Waals surface area contributed by atoms with Crippen LogP contribution < -0.4 is 24.4 Å². The molecule has 0 saturated carbocycles. The number of ether oxygens (including phenoxy) is 6. The normalized spacial score (nSPS) is 19.9. The molecule has 2 N–H and O–H groups in total. The van der Waals surface area contributed by atoms with E-state index in [2.05, 4.69) is 22.3 Å². The van der Waals surface area contributed by atoms with Crippen molar-refractivity contribution in [2.24, 2.45) is 0 Å². The Morgan fingerprint density at radius 3 is 2.35 bits per heavy atom. The number of hydrogen-bond acceptors (Lipinski definition) is 9. The fourth-order valence-corrected chi connectivity index (χ4v) is 5.61. The molecule has 43 heavy (non-hydrogen) atoms. The molecule has 2 heterocycles. The first-order chi connectivity index (χ1) is 21.1. The molecule has 232 valence electrons. The van der Waals surface area contributed by atoms with Gasteiger partial charge < -0.3 is 43.7 Å². The Morgan fingerprint density at radius 2 is 1.58 bits per heavy atom. The maximum atomic E-state index is 11.0. The third-order valence-electron chi connectivity index (χ3n) is 7.82. The lowest BCUT2D eigenvalue weighted by Crippen LogP contribution is -2.49. The van der Waals surface area contributed by atoms with Gasteiger partial charge in [0.15, 0.2) is 0 Å². The molecule has 2 aliphatic heterocycles. The smallest absolute Gasteiger partial charge is 0.142 e. The van der Waals surface area contributed by atoms with Gasteiger partial charge in [-0.3, -0.25) is 0 Å². The summed E-state index contributed by atoms with van der Waals surface area (Å²) in [6, 6.07) is 21.8. The zero-order valence-electron chi connectivity index (χ0n) is 25.2. The summed E-state index contributed by atoms with van der Waals surface area (Å²) < 4.78 is 34.4. The highest BCUT2D eigenvalue weighted by Gasteiger charge is 2.34. The van der Waals surface area contributed by atoms with Gasteiger partial charge in [-0.05, 0) is 66.1 Å². The SMILES string of the molecule is COCCCOc1ccc(Oc2ccc([C@H]3[C@H](O)CNC[C@@H]3OCc3ccc4c(c3)N(CCCOC)CCO4)cc2)cc1. The Hall–Kier alpha value is -3.34. The number of β-amino-alcohol motifs (C(OH)–C–C–N with tert-alkyl or cyclic N) is 1. The van der Waals surface area contributed by atoms with Gasteiger partial charge in [0.05, 0.1) is 37.7 Å². The van der Waals surface area contributed by atoms with E-state index in [1.165, 1.54) is 0 Å². The Kier molecular flexibility index (Phi) is 11.5. The van der Waals surface area contributed by atoms with E-state index in [0.717, 1.165) is 72.4 Å². The van der Waals surface area contributed by atoms with Gasteiger partial charge >= 0.3 is 0 Å². The second-order valence-corrected chi connectivity index (χ2v) is 10.9. The van der Waals surface area contributed by atoms with E-state index in [1.807, 2.05) is 54.6 Å². The molecule has 0 amide bonds. The minimum atomic E-state index is -0.560. The molecule has 0 unspecified atom stereocenters. The first-order valence-corrected chi connectivity index (χ1v) is 15.1. The molecule has 9 heteroatoms. The van der Waals surface area contributed by atoms with Gasteiger partial charge in [0.1, 0.15) is 29.6 Å². The number of hydrogen-bond donors (Lipinski definition) is 2. The highest BCUT2D eigenvalue weighted by Crippen LogP contribution is 2.35. The van der Waals surface area contributed by atoms with Crippen molar-refractivity contribution in [1.82, 2.24) is 5.32 Å². The monoisotopic (exact) mass is 592 g/mol. The van der Waals surface area contributed by atoms with Crippen molar-refractivity contribution in [3.05, 3.63) is 77.9 Å².